The SMILES string of the molecule is O=C1/C(=C\c2c(F)c(F)c(F)c(F)c2F)NC(=S)N1c1ccc(F)cc1. The van der Waals surface area contributed by atoms with Crippen molar-refractivity contribution in [3.05, 3.63) is 70.4 Å². The molecule has 3 rings (SSSR count). The number of anilines is 1. The van der Waals surface area contributed by atoms with Gasteiger partial charge < -0.3 is 5.32 Å². The summed E-state index contributed by atoms with van der Waals surface area (Å²) >= 11 is 4.93. The van der Waals surface area contributed by atoms with Gasteiger partial charge in [-0.25, -0.2) is 26.3 Å². The van der Waals surface area contributed by atoms with Gasteiger partial charge in [-0.15, -0.1) is 0 Å². The van der Waals surface area contributed by atoms with Crippen LogP contribution in [0.5, 0.6) is 0 Å². The lowest BCUT2D eigenvalue weighted by atomic mass is 10.1. The maximum atomic E-state index is 13.8. The van der Waals surface area contributed by atoms with Crippen molar-refractivity contribution in [2.45, 2.75) is 0 Å². The van der Waals surface area contributed by atoms with Gasteiger partial charge in [0.05, 0.1) is 11.3 Å². The van der Waals surface area contributed by atoms with Crippen LogP contribution in [-0.4, -0.2) is 11.0 Å². The van der Waals surface area contributed by atoms with Crippen LogP contribution in [0.25, 0.3) is 6.08 Å². The first kappa shape index (κ1) is 17.9. The van der Waals surface area contributed by atoms with Gasteiger partial charge in [-0.3, -0.25) is 9.69 Å². The van der Waals surface area contributed by atoms with Crippen LogP contribution in [-0.2, 0) is 4.79 Å². The summed E-state index contributed by atoms with van der Waals surface area (Å²) in [4.78, 5) is 13.3. The Labute approximate surface area is 147 Å². The molecule has 0 aliphatic carbocycles. The molecule has 26 heavy (non-hydrogen) atoms. The third-order valence-electron chi connectivity index (χ3n) is 3.50. The quantitative estimate of drug-likeness (QED) is 0.279. The van der Waals surface area contributed by atoms with E-state index in [0.29, 0.717) is 6.08 Å². The lowest BCUT2D eigenvalue weighted by molar-refractivity contribution is -0.113. The molecule has 3 nitrogen and oxygen atoms in total. The van der Waals surface area contributed by atoms with Gasteiger partial charge in [0.2, 0.25) is 5.82 Å². The molecule has 1 fully saturated rings. The van der Waals surface area contributed by atoms with E-state index in [1.165, 1.54) is 12.1 Å². The fraction of sp³-hybridized carbons (Fsp3) is 0. The van der Waals surface area contributed by atoms with Crippen LogP contribution in [0.1, 0.15) is 5.56 Å². The predicted molar refractivity (Wildman–Crippen MR) is 83.8 cm³/mol. The van der Waals surface area contributed by atoms with Crippen molar-refractivity contribution < 1.29 is 31.1 Å². The van der Waals surface area contributed by atoms with Gasteiger partial charge in [0, 0.05) is 0 Å². The molecule has 0 spiro atoms. The van der Waals surface area contributed by atoms with E-state index in [1.54, 1.807) is 0 Å². The summed E-state index contributed by atoms with van der Waals surface area (Å²) in [6.45, 7) is 0. The molecule has 134 valence electrons. The van der Waals surface area contributed by atoms with E-state index < -0.39 is 52.1 Å². The summed E-state index contributed by atoms with van der Waals surface area (Å²) in [7, 11) is 0. The van der Waals surface area contributed by atoms with Gasteiger partial charge >= 0.3 is 0 Å². The highest BCUT2D eigenvalue weighted by molar-refractivity contribution is 7.80. The Kier molecular flexibility index (Phi) is 4.45. The normalized spacial score (nSPS) is 15.8. The van der Waals surface area contributed by atoms with Crippen molar-refractivity contribution in [3.8, 4) is 0 Å². The molecular weight excluding hydrogens is 382 g/mol. The number of nitrogens with zero attached hydrogens (tertiary/aromatic N) is 1. The summed E-state index contributed by atoms with van der Waals surface area (Å²) in [6.07, 6.45) is 0.467. The molecule has 1 heterocycles. The minimum atomic E-state index is -2.31. The Bertz CT molecular complexity index is 945. The molecule has 1 aliphatic rings. The molecule has 0 atom stereocenters. The van der Waals surface area contributed by atoms with Gasteiger partial charge in [-0.1, -0.05) is 0 Å². The number of carbonyl (C=O) groups excluding carboxylic acids is 1. The molecule has 1 N–H and O–H groups in total. The van der Waals surface area contributed by atoms with Crippen LogP contribution in [0.15, 0.2) is 30.0 Å². The zero-order valence-electron chi connectivity index (χ0n) is 12.4. The number of rotatable bonds is 2. The van der Waals surface area contributed by atoms with Crippen molar-refractivity contribution >= 4 is 35.0 Å². The highest BCUT2D eigenvalue weighted by atomic mass is 32.1. The molecular formula is C16H6F6N2OS. The number of hydrogen-bond acceptors (Lipinski definition) is 2. The minimum absolute atomic E-state index is 0.148. The van der Waals surface area contributed by atoms with E-state index in [2.05, 4.69) is 5.32 Å². The predicted octanol–water partition coefficient (Wildman–Crippen LogP) is 3.78. The van der Waals surface area contributed by atoms with Crippen LogP contribution in [0.3, 0.4) is 0 Å². The van der Waals surface area contributed by atoms with Crippen LogP contribution in [0.4, 0.5) is 32.0 Å². The summed E-state index contributed by atoms with van der Waals surface area (Å²) < 4.78 is 80.1. The van der Waals surface area contributed by atoms with E-state index in [9.17, 15) is 31.1 Å². The lowest BCUT2D eigenvalue weighted by Crippen LogP contribution is -2.30. The number of thiocarbonyl (C=S) groups is 1. The van der Waals surface area contributed by atoms with Crippen LogP contribution < -0.4 is 10.2 Å². The fourth-order valence-electron chi connectivity index (χ4n) is 2.25. The minimum Gasteiger partial charge on any atom is -0.327 e. The van der Waals surface area contributed by atoms with Crippen molar-refractivity contribution in [2.75, 3.05) is 4.90 Å². The molecule has 0 bridgehead atoms. The number of carbonyl (C=O) groups is 1. The molecule has 0 aromatic heterocycles. The Balaban J connectivity index is 2.06. The summed E-state index contributed by atoms with van der Waals surface area (Å²) in [6, 6.07) is 4.55. The molecule has 2 aromatic rings. The van der Waals surface area contributed by atoms with Gasteiger partial charge in [-0.2, -0.15) is 0 Å². The zero-order valence-corrected chi connectivity index (χ0v) is 13.2. The Morgan fingerprint density at radius 1 is 0.846 bits per heavy atom. The number of halogens is 6. The fourth-order valence-corrected chi connectivity index (χ4v) is 2.55. The molecule has 1 aliphatic heterocycles. The second kappa shape index (κ2) is 6.45. The molecule has 0 saturated carbocycles. The van der Waals surface area contributed by atoms with E-state index in [4.69, 9.17) is 12.2 Å². The second-order valence-electron chi connectivity index (χ2n) is 5.09. The van der Waals surface area contributed by atoms with Crippen molar-refractivity contribution in [1.29, 1.82) is 0 Å². The zero-order chi connectivity index (χ0) is 19.2. The number of benzene rings is 2. The Morgan fingerprint density at radius 3 is 1.88 bits per heavy atom. The third-order valence-corrected chi connectivity index (χ3v) is 3.78. The highest BCUT2D eigenvalue weighted by Crippen LogP contribution is 2.27. The summed E-state index contributed by atoms with van der Waals surface area (Å²) in [5, 5.41) is 2.12. The molecule has 1 amide bonds. The van der Waals surface area contributed by atoms with Crippen molar-refractivity contribution in [3.63, 3.8) is 0 Å². The second-order valence-corrected chi connectivity index (χ2v) is 5.48. The molecule has 0 radical (unpaired) electrons. The van der Waals surface area contributed by atoms with E-state index in [0.717, 1.165) is 17.0 Å². The molecule has 10 heteroatoms. The highest BCUT2D eigenvalue weighted by Gasteiger charge is 2.33. The van der Waals surface area contributed by atoms with Gasteiger partial charge in [0.15, 0.2) is 28.4 Å². The average Bonchev–Trinajstić information content (AvgIpc) is 2.90. The first-order valence-corrected chi connectivity index (χ1v) is 7.27. The summed E-state index contributed by atoms with van der Waals surface area (Å²) in [5.74, 6) is -12.2. The van der Waals surface area contributed by atoms with Gasteiger partial charge in [0.25, 0.3) is 5.91 Å². The molecule has 2 aromatic carbocycles. The topological polar surface area (TPSA) is 32.3 Å². The first-order valence-electron chi connectivity index (χ1n) is 6.86. The Hall–Kier alpha value is -2.88. The van der Waals surface area contributed by atoms with Gasteiger partial charge in [0.1, 0.15) is 11.5 Å². The van der Waals surface area contributed by atoms with E-state index in [1.807, 2.05) is 0 Å². The van der Waals surface area contributed by atoms with Gasteiger partial charge in [-0.05, 0) is 42.6 Å². The number of nitrogens with one attached hydrogen (secondary N) is 1. The molecule has 0 unspecified atom stereocenters. The maximum Gasteiger partial charge on any atom is 0.281 e. The van der Waals surface area contributed by atoms with Crippen molar-refractivity contribution in [1.82, 2.24) is 5.32 Å². The third kappa shape index (κ3) is 2.81. The number of hydrogen-bond donors (Lipinski definition) is 1. The standard InChI is InChI=1S/C16H6F6N2OS/c17-6-1-3-7(4-2-6)24-15(25)9(23-16(24)26)5-8-10(18)12(20)14(22)13(21)11(8)19/h1-5H,(H,23,26)/b9-5+. The van der Waals surface area contributed by atoms with E-state index in [-0.39, 0.29) is 10.8 Å². The summed E-state index contributed by atoms with van der Waals surface area (Å²) in [5.41, 5.74) is -1.65. The van der Waals surface area contributed by atoms with Crippen LogP contribution in [0.2, 0.25) is 0 Å². The van der Waals surface area contributed by atoms with Crippen LogP contribution in [0, 0.1) is 34.9 Å². The maximum absolute atomic E-state index is 13.8. The Morgan fingerprint density at radius 2 is 1.35 bits per heavy atom. The largest absolute Gasteiger partial charge is 0.327 e. The number of amides is 1. The van der Waals surface area contributed by atoms with Crippen molar-refractivity contribution in [2.24, 2.45) is 0 Å². The molecule has 1 saturated heterocycles. The lowest BCUT2D eigenvalue weighted by Gasteiger charge is -2.13. The smallest absolute Gasteiger partial charge is 0.281 e. The first-order chi connectivity index (χ1) is 12.2. The average molecular weight is 388 g/mol. The monoisotopic (exact) mass is 388 g/mol. The van der Waals surface area contributed by atoms with E-state index >= 15 is 0 Å². The van der Waals surface area contributed by atoms with Crippen LogP contribution >= 0.6 is 12.2 Å².